The molecule has 0 bridgehead atoms. The number of rotatable bonds is 8. The Labute approximate surface area is 264 Å². The van der Waals surface area contributed by atoms with Crippen molar-refractivity contribution in [3.8, 4) is 28.1 Å². The Bertz CT molecular complexity index is 1610. The Hall–Kier alpha value is -3.81. The van der Waals surface area contributed by atoms with Gasteiger partial charge in [0.05, 0.1) is 23.9 Å². The normalized spacial score (nSPS) is 12.9. The molecule has 0 saturated carbocycles. The van der Waals surface area contributed by atoms with E-state index in [0.717, 1.165) is 61.3 Å². The molecular weight excluding hydrogens is 577 g/mol. The van der Waals surface area contributed by atoms with E-state index in [1.165, 1.54) is 29.4 Å². The molecule has 8 heteroatoms. The number of nitrogens with two attached hydrogens (primary N) is 1. The minimum absolute atomic E-state index is 0.584. The molecule has 6 rings (SSSR count). The van der Waals surface area contributed by atoms with E-state index in [-0.39, 0.29) is 0 Å². The Kier molecular flexibility index (Phi) is 10.4. The molecule has 1 saturated heterocycles. The lowest BCUT2D eigenvalue weighted by atomic mass is 10.0. The fourth-order valence-electron chi connectivity index (χ4n) is 5.22. The van der Waals surface area contributed by atoms with Crippen LogP contribution in [-0.4, -0.2) is 49.4 Å². The van der Waals surface area contributed by atoms with Crippen molar-refractivity contribution < 1.29 is 4.74 Å². The lowest BCUT2D eigenvalue weighted by Gasteiger charge is -2.28. The van der Waals surface area contributed by atoms with Crippen molar-refractivity contribution in [3.63, 3.8) is 0 Å². The van der Waals surface area contributed by atoms with Crippen LogP contribution in [0.5, 0.6) is 0 Å². The Morgan fingerprint density at radius 2 is 1.44 bits per heavy atom. The van der Waals surface area contributed by atoms with Crippen molar-refractivity contribution in [1.29, 1.82) is 0 Å². The topological polar surface area (TPSA) is 68.3 Å². The minimum Gasteiger partial charge on any atom is -0.385 e. The van der Waals surface area contributed by atoms with Crippen molar-refractivity contribution in [2.75, 3.05) is 50.1 Å². The first kappa shape index (κ1) is 30.6. The van der Waals surface area contributed by atoms with Crippen molar-refractivity contribution in [2.45, 2.75) is 13.3 Å². The third-order valence-electron chi connectivity index (χ3n) is 7.41. The van der Waals surface area contributed by atoms with Gasteiger partial charge in [-0.3, -0.25) is 0 Å². The smallest absolute Gasteiger partial charge is 0.118 e. The highest BCUT2D eigenvalue weighted by molar-refractivity contribution is 6.36. The number of hydrogen-bond donors (Lipinski definition) is 2. The van der Waals surface area contributed by atoms with Crippen molar-refractivity contribution in [2.24, 2.45) is 5.73 Å². The first-order chi connectivity index (χ1) is 21.1. The van der Waals surface area contributed by atoms with Crippen LogP contribution in [0, 0.1) is 0 Å². The van der Waals surface area contributed by atoms with Crippen LogP contribution in [-0.2, 0) is 11.2 Å². The van der Waals surface area contributed by atoms with Gasteiger partial charge in [0.15, 0.2) is 0 Å². The largest absolute Gasteiger partial charge is 0.385 e. The summed E-state index contributed by atoms with van der Waals surface area (Å²) in [5.41, 5.74) is 13.1. The summed E-state index contributed by atoms with van der Waals surface area (Å²) in [4.78, 5) is 7.42. The Morgan fingerprint density at radius 1 is 0.814 bits per heavy atom. The number of hydrogen-bond acceptors (Lipinski definition) is 5. The van der Waals surface area contributed by atoms with Crippen LogP contribution >= 0.6 is 23.2 Å². The predicted molar refractivity (Wildman–Crippen MR) is 181 cm³/mol. The summed E-state index contributed by atoms with van der Waals surface area (Å²) < 4.78 is 7.63. The van der Waals surface area contributed by atoms with E-state index < -0.39 is 0 Å². The van der Waals surface area contributed by atoms with Gasteiger partial charge in [-0.1, -0.05) is 59.6 Å². The van der Waals surface area contributed by atoms with Gasteiger partial charge in [-0.2, -0.15) is 0 Å². The molecule has 5 aromatic rings. The first-order valence-electron chi connectivity index (χ1n) is 14.5. The summed E-state index contributed by atoms with van der Waals surface area (Å²) in [5.74, 6) is 0.935. The third kappa shape index (κ3) is 7.40. The van der Waals surface area contributed by atoms with Crippen LogP contribution in [0.25, 0.3) is 28.1 Å². The van der Waals surface area contributed by atoms with Gasteiger partial charge in [-0.15, -0.1) is 0 Å². The second kappa shape index (κ2) is 14.6. The zero-order valence-corrected chi connectivity index (χ0v) is 26.1. The standard InChI is InChI=1S/C34H32Cl2N4O.CH5N/c1-2-37-28-10-14-30(15-11-28)40-23-33(31-16-9-27(35)22-32(31)36)38-34(40)21-24-3-5-25(6-4-24)26-7-12-29(13-8-26)39-17-19-41-20-18-39;1-2/h3-16,22-23,37H,2,17-21H2,1H3;2H2,1H3. The second-order valence-corrected chi connectivity index (χ2v) is 11.0. The third-order valence-corrected chi connectivity index (χ3v) is 7.95. The van der Waals surface area contributed by atoms with Crippen LogP contribution in [0.2, 0.25) is 10.0 Å². The summed E-state index contributed by atoms with van der Waals surface area (Å²) in [6.07, 6.45) is 2.73. The fraction of sp³-hybridized carbons (Fsp3) is 0.229. The maximum absolute atomic E-state index is 6.57. The molecule has 0 radical (unpaired) electrons. The molecule has 1 aliphatic rings. The molecular formula is C35H37Cl2N5O. The van der Waals surface area contributed by atoms with Gasteiger partial charge in [0.2, 0.25) is 0 Å². The van der Waals surface area contributed by atoms with Gasteiger partial charge in [0.25, 0.3) is 0 Å². The van der Waals surface area contributed by atoms with E-state index >= 15 is 0 Å². The molecule has 0 aliphatic carbocycles. The predicted octanol–water partition coefficient (Wildman–Crippen LogP) is 7.95. The van der Waals surface area contributed by atoms with E-state index in [9.17, 15) is 0 Å². The Balaban J connectivity index is 0.00000180. The molecule has 4 aromatic carbocycles. The van der Waals surface area contributed by atoms with Gasteiger partial charge in [-0.25, -0.2) is 4.98 Å². The average Bonchev–Trinajstić information content (AvgIpc) is 3.46. The fourth-order valence-corrected chi connectivity index (χ4v) is 5.73. The number of nitrogens with zero attached hydrogens (tertiary/aromatic N) is 3. The molecule has 0 spiro atoms. The van der Waals surface area contributed by atoms with Crippen LogP contribution in [0.3, 0.4) is 0 Å². The Morgan fingerprint density at radius 3 is 2.07 bits per heavy atom. The molecule has 43 heavy (non-hydrogen) atoms. The molecule has 0 atom stereocenters. The summed E-state index contributed by atoms with van der Waals surface area (Å²) in [6, 6.07) is 31.5. The maximum atomic E-state index is 6.57. The zero-order valence-electron chi connectivity index (χ0n) is 24.6. The van der Waals surface area contributed by atoms with Gasteiger partial charge in [-0.05, 0) is 85.3 Å². The van der Waals surface area contributed by atoms with E-state index in [0.29, 0.717) is 16.5 Å². The molecule has 3 N–H and O–H groups in total. The van der Waals surface area contributed by atoms with Crippen molar-refractivity contribution in [3.05, 3.63) is 119 Å². The van der Waals surface area contributed by atoms with Crippen LogP contribution in [0.4, 0.5) is 11.4 Å². The lowest BCUT2D eigenvalue weighted by Crippen LogP contribution is -2.36. The van der Waals surface area contributed by atoms with Gasteiger partial charge in [0, 0.05) is 59.9 Å². The zero-order chi connectivity index (χ0) is 30.2. The van der Waals surface area contributed by atoms with Gasteiger partial charge in [0.1, 0.15) is 5.82 Å². The van der Waals surface area contributed by atoms with Crippen LogP contribution in [0.15, 0.2) is 97.2 Å². The number of aromatic nitrogens is 2. The summed E-state index contributed by atoms with van der Waals surface area (Å²) in [7, 11) is 1.50. The number of ether oxygens (including phenoxy) is 1. The maximum Gasteiger partial charge on any atom is 0.118 e. The molecule has 1 fully saturated rings. The molecule has 222 valence electrons. The van der Waals surface area contributed by atoms with E-state index in [4.69, 9.17) is 32.9 Å². The SMILES string of the molecule is CCNc1ccc(-n2cc(-c3ccc(Cl)cc3Cl)nc2Cc2ccc(-c3ccc(N4CCOCC4)cc3)cc2)cc1.CN. The summed E-state index contributed by atoms with van der Waals surface area (Å²) in [5, 5.41) is 4.55. The highest BCUT2D eigenvalue weighted by atomic mass is 35.5. The summed E-state index contributed by atoms with van der Waals surface area (Å²) >= 11 is 12.7. The van der Waals surface area contributed by atoms with Crippen LogP contribution < -0.4 is 16.0 Å². The number of morpholine rings is 1. The molecule has 1 aromatic heterocycles. The molecule has 2 heterocycles. The quantitative estimate of drug-likeness (QED) is 0.186. The highest BCUT2D eigenvalue weighted by Crippen LogP contribution is 2.32. The number of nitrogens with one attached hydrogen (secondary N) is 1. The van der Waals surface area contributed by atoms with Gasteiger partial charge >= 0.3 is 0 Å². The molecule has 6 nitrogen and oxygen atoms in total. The number of anilines is 2. The first-order valence-corrected chi connectivity index (χ1v) is 15.3. The molecule has 1 aliphatic heterocycles. The molecule has 0 unspecified atom stereocenters. The van der Waals surface area contributed by atoms with E-state index in [1.54, 1.807) is 6.07 Å². The van der Waals surface area contributed by atoms with Crippen molar-refractivity contribution >= 4 is 34.6 Å². The van der Waals surface area contributed by atoms with Crippen LogP contribution in [0.1, 0.15) is 18.3 Å². The lowest BCUT2D eigenvalue weighted by molar-refractivity contribution is 0.122. The molecule has 0 amide bonds. The highest BCUT2D eigenvalue weighted by Gasteiger charge is 2.15. The minimum atomic E-state index is 0.584. The number of halogens is 2. The number of benzene rings is 4. The average molecular weight is 615 g/mol. The van der Waals surface area contributed by atoms with Gasteiger partial charge < -0.3 is 25.3 Å². The van der Waals surface area contributed by atoms with E-state index in [1.807, 2.05) is 12.1 Å². The second-order valence-electron chi connectivity index (χ2n) is 10.1. The van der Waals surface area contributed by atoms with E-state index in [2.05, 4.69) is 106 Å². The summed E-state index contributed by atoms with van der Waals surface area (Å²) in [6.45, 7) is 6.43. The monoisotopic (exact) mass is 613 g/mol. The number of imidazole rings is 1. The van der Waals surface area contributed by atoms with Crippen molar-refractivity contribution in [1.82, 2.24) is 9.55 Å².